The van der Waals surface area contributed by atoms with Crippen LogP contribution in [-0.2, 0) is 27.7 Å². The van der Waals surface area contributed by atoms with Crippen LogP contribution in [0.15, 0.2) is 12.7 Å². The van der Waals surface area contributed by atoms with Gasteiger partial charge in [0.25, 0.3) is 0 Å². The third-order valence-electron chi connectivity index (χ3n) is 1.41. The Morgan fingerprint density at radius 1 is 1.47 bits per heavy atom. The molecular formula is C8H15O6P. The first-order valence-corrected chi connectivity index (χ1v) is 5.62. The zero-order valence-electron chi connectivity index (χ0n) is 8.97. The van der Waals surface area contributed by atoms with Gasteiger partial charge in [-0.3, -0.25) is 13.6 Å². The highest BCUT2D eigenvalue weighted by Gasteiger charge is 2.30. The van der Waals surface area contributed by atoms with E-state index in [1.54, 1.807) is 0 Å². The number of carbonyl (C=O) groups excluding carboxylic acids is 1. The highest BCUT2D eigenvalue weighted by atomic mass is 31.2. The van der Waals surface area contributed by atoms with E-state index in [0.717, 1.165) is 14.2 Å². The highest BCUT2D eigenvalue weighted by molar-refractivity contribution is 7.48. The van der Waals surface area contributed by atoms with E-state index < -0.39 is 19.9 Å². The zero-order valence-corrected chi connectivity index (χ0v) is 9.86. The van der Waals surface area contributed by atoms with Crippen LogP contribution in [0.4, 0.5) is 0 Å². The molecule has 0 aliphatic carbocycles. The van der Waals surface area contributed by atoms with E-state index in [9.17, 15) is 9.36 Å². The third-order valence-corrected chi connectivity index (χ3v) is 2.88. The van der Waals surface area contributed by atoms with Gasteiger partial charge in [-0.2, -0.15) is 0 Å². The number of esters is 1. The first-order chi connectivity index (χ1) is 6.99. The van der Waals surface area contributed by atoms with E-state index in [0.29, 0.717) is 0 Å². The molecule has 7 heteroatoms. The average Bonchev–Trinajstić information content (AvgIpc) is 2.25. The molecule has 0 heterocycles. The van der Waals surface area contributed by atoms with Crippen LogP contribution in [0.2, 0.25) is 0 Å². The van der Waals surface area contributed by atoms with Crippen molar-refractivity contribution >= 4 is 13.8 Å². The maximum atomic E-state index is 11.4. The van der Waals surface area contributed by atoms with Gasteiger partial charge in [0.05, 0.1) is 0 Å². The van der Waals surface area contributed by atoms with Crippen LogP contribution in [0, 0.1) is 0 Å². The van der Waals surface area contributed by atoms with Gasteiger partial charge in [-0.15, -0.1) is 0 Å². The Labute approximate surface area is 88.8 Å². The standard InChI is InChI=1S/C8H15O6P/c1-5-6-13-8(9)7(2)14-15(10,11-3)12-4/h5,7H,1,6H2,2-4H3. The van der Waals surface area contributed by atoms with Crippen molar-refractivity contribution in [3.63, 3.8) is 0 Å². The molecule has 0 bridgehead atoms. The molecule has 6 nitrogen and oxygen atoms in total. The van der Waals surface area contributed by atoms with Gasteiger partial charge in [0.15, 0.2) is 6.10 Å². The molecule has 0 amide bonds. The minimum atomic E-state index is -3.65. The Morgan fingerprint density at radius 2 is 2.00 bits per heavy atom. The summed E-state index contributed by atoms with van der Waals surface area (Å²) in [6.07, 6.45) is 0.382. The van der Waals surface area contributed by atoms with Crippen LogP contribution < -0.4 is 0 Å². The van der Waals surface area contributed by atoms with Crippen molar-refractivity contribution < 1.29 is 27.7 Å². The van der Waals surface area contributed by atoms with Crippen molar-refractivity contribution in [3.05, 3.63) is 12.7 Å². The van der Waals surface area contributed by atoms with Gasteiger partial charge >= 0.3 is 13.8 Å². The lowest BCUT2D eigenvalue weighted by molar-refractivity contribution is -0.150. The van der Waals surface area contributed by atoms with E-state index in [1.165, 1.54) is 13.0 Å². The van der Waals surface area contributed by atoms with Crippen molar-refractivity contribution in [3.8, 4) is 0 Å². The van der Waals surface area contributed by atoms with Crippen LogP contribution in [-0.4, -0.2) is 32.9 Å². The molecular weight excluding hydrogens is 223 g/mol. The summed E-state index contributed by atoms with van der Waals surface area (Å²) in [5, 5.41) is 0. The molecule has 0 radical (unpaired) electrons. The molecule has 0 aromatic carbocycles. The summed E-state index contributed by atoms with van der Waals surface area (Å²) in [6, 6.07) is 0. The van der Waals surface area contributed by atoms with Crippen molar-refractivity contribution in [1.29, 1.82) is 0 Å². The fourth-order valence-electron chi connectivity index (χ4n) is 0.656. The van der Waals surface area contributed by atoms with Gasteiger partial charge in [0.1, 0.15) is 6.61 Å². The normalized spacial score (nSPS) is 13.3. The summed E-state index contributed by atoms with van der Waals surface area (Å²) in [4.78, 5) is 11.2. The Kier molecular flexibility index (Phi) is 6.43. The van der Waals surface area contributed by atoms with Crippen LogP contribution in [0.3, 0.4) is 0 Å². The SMILES string of the molecule is C=CCOC(=O)C(C)OP(=O)(OC)OC. The van der Waals surface area contributed by atoms with Crippen molar-refractivity contribution in [2.45, 2.75) is 13.0 Å². The summed E-state index contributed by atoms with van der Waals surface area (Å²) < 4.78 is 29.9. The number of hydrogen-bond donors (Lipinski definition) is 0. The topological polar surface area (TPSA) is 71.1 Å². The second-order valence-corrected chi connectivity index (χ2v) is 4.31. The van der Waals surface area contributed by atoms with E-state index in [1.807, 2.05) is 0 Å². The minimum absolute atomic E-state index is 0.0663. The Morgan fingerprint density at radius 3 is 2.40 bits per heavy atom. The molecule has 1 unspecified atom stereocenters. The molecule has 0 spiro atoms. The van der Waals surface area contributed by atoms with Crippen LogP contribution >= 0.6 is 7.82 Å². The van der Waals surface area contributed by atoms with E-state index >= 15 is 0 Å². The highest BCUT2D eigenvalue weighted by Crippen LogP contribution is 2.48. The first-order valence-electron chi connectivity index (χ1n) is 4.16. The van der Waals surface area contributed by atoms with Crippen LogP contribution in [0.5, 0.6) is 0 Å². The predicted molar refractivity (Wildman–Crippen MR) is 53.3 cm³/mol. The molecule has 1 atom stereocenters. The summed E-state index contributed by atoms with van der Waals surface area (Å²) in [5.74, 6) is -0.663. The lowest BCUT2D eigenvalue weighted by atomic mass is 10.4. The molecule has 88 valence electrons. The third kappa shape index (κ3) is 5.09. The predicted octanol–water partition coefficient (Wildman–Crippen LogP) is 1.52. The smallest absolute Gasteiger partial charge is 0.460 e. The number of phosphoric acid groups is 1. The fraction of sp³-hybridized carbons (Fsp3) is 0.625. The number of ether oxygens (including phenoxy) is 1. The Hall–Kier alpha value is -0.680. The van der Waals surface area contributed by atoms with Crippen LogP contribution in [0.25, 0.3) is 0 Å². The molecule has 0 aliphatic heterocycles. The number of phosphoric ester groups is 1. The summed E-state index contributed by atoms with van der Waals surface area (Å²) in [5.41, 5.74) is 0. The van der Waals surface area contributed by atoms with Crippen molar-refractivity contribution in [1.82, 2.24) is 0 Å². The number of rotatable bonds is 7. The van der Waals surface area contributed by atoms with Gasteiger partial charge in [-0.05, 0) is 6.92 Å². The van der Waals surface area contributed by atoms with E-state index in [2.05, 4.69) is 20.4 Å². The molecule has 0 fully saturated rings. The van der Waals surface area contributed by atoms with Crippen LogP contribution in [0.1, 0.15) is 6.92 Å². The molecule has 0 saturated heterocycles. The largest absolute Gasteiger partial charge is 0.475 e. The maximum absolute atomic E-state index is 11.4. The molecule has 0 N–H and O–H groups in total. The van der Waals surface area contributed by atoms with Gasteiger partial charge in [-0.25, -0.2) is 9.36 Å². The van der Waals surface area contributed by atoms with Gasteiger partial charge in [-0.1, -0.05) is 12.7 Å². The minimum Gasteiger partial charge on any atom is -0.460 e. The zero-order chi connectivity index (χ0) is 11.9. The lowest BCUT2D eigenvalue weighted by Gasteiger charge is -2.17. The Bertz CT molecular complexity index is 256. The monoisotopic (exact) mass is 238 g/mol. The number of hydrogen-bond acceptors (Lipinski definition) is 6. The molecule has 0 aromatic heterocycles. The van der Waals surface area contributed by atoms with Crippen molar-refractivity contribution in [2.24, 2.45) is 0 Å². The fourth-order valence-corrected chi connectivity index (χ4v) is 1.45. The molecule has 0 rings (SSSR count). The van der Waals surface area contributed by atoms with E-state index in [-0.39, 0.29) is 6.61 Å². The van der Waals surface area contributed by atoms with E-state index in [4.69, 9.17) is 4.52 Å². The molecule has 15 heavy (non-hydrogen) atoms. The summed E-state index contributed by atoms with van der Waals surface area (Å²) in [7, 11) is -1.33. The molecule has 0 aliphatic rings. The summed E-state index contributed by atoms with van der Waals surface area (Å²) >= 11 is 0. The number of carbonyl (C=O) groups is 1. The molecule has 0 saturated carbocycles. The first kappa shape index (κ1) is 14.3. The lowest BCUT2D eigenvalue weighted by Crippen LogP contribution is -2.22. The maximum Gasteiger partial charge on any atom is 0.475 e. The molecule has 0 aromatic rings. The summed E-state index contributed by atoms with van der Waals surface area (Å²) in [6.45, 7) is 4.83. The van der Waals surface area contributed by atoms with Gasteiger partial charge in [0.2, 0.25) is 0 Å². The Balaban J connectivity index is 4.22. The van der Waals surface area contributed by atoms with Gasteiger partial charge in [0, 0.05) is 14.2 Å². The van der Waals surface area contributed by atoms with Crippen molar-refractivity contribution in [2.75, 3.05) is 20.8 Å². The second-order valence-electron chi connectivity index (χ2n) is 2.48. The average molecular weight is 238 g/mol. The van der Waals surface area contributed by atoms with Gasteiger partial charge < -0.3 is 4.74 Å². The quantitative estimate of drug-likeness (QED) is 0.380. The second kappa shape index (κ2) is 6.74.